The maximum Gasteiger partial charge on any atom is 0.354 e. The molecule has 26 heavy (non-hydrogen) atoms. The van der Waals surface area contributed by atoms with Crippen LogP contribution >= 0.6 is 0 Å². The molecule has 0 amide bonds. The highest BCUT2D eigenvalue weighted by atomic mass is 16.4. The van der Waals surface area contributed by atoms with Crippen LogP contribution in [0.15, 0.2) is 49.3 Å². The molecule has 0 saturated heterocycles. The van der Waals surface area contributed by atoms with Crippen LogP contribution in [-0.4, -0.2) is 40.6 Å². The fourth-order valence-electron chi connectivity index (χ4n) is 2.51. The van der Waals surface area contributed by atoms with Crippen LogP contribution in [0.25, 0.3) is 22.4 Å². The van der Waals surface area contributed by atoms with Crippen molar-refractivity contribution in [3.8, 4) is 11.4 Å². The molecule has 2 N–H and O–H groups in total. The topological polar surface area (TPSA) is 119 Å². The number of hydrogen-bond donors (Lipinski definition) is 2. The van der Waals surface area contributed by atoms with Gasteiger partial charge in [0.1, 0.15) is 17.5 Å². The maximum atomic E-state index is 10.9. The van der Waals surface area contributed by atoms with E-state index in [2.05, 4.69) is 30.2 Å². The van der Waals surface area contributed by atoms with E-state index in [9.17, 15) is 4.79 Å². The average molecular weight is 347 g/mol. The van der Waals surface area contributed by atoms with E-state index in [1.165, 1.54) is 18.6 Å². The van der Waals surface area contributed by atoms with Gasteiger partial charge in [0.25, 0.3) is 0 Å². The predicted octanol–water partition coefficient (Wildman–Crippen LogP) is 2.26. The summed E-state index contributed by atoms with van der Waals surface area (Å²) in [6.45, 7) is 0. The Hall–Kier alpha value is -3.88. The number of pyridine rings is 2. The zero-order valence-corrected chi connectivity index (χ0v) is 13.7. The minimum atomic E-state index is -1.08. The molecule has 4 aromatic heterocycles. The van der Waals surface area contributed by atoms with Crippen LogP contribution in [0.5, 0.6) is 0 Å². The number of hydrogen-bond acceptors (Lipinski definition) is 7. The largest absolute Gasteiger partial charge is 0.477 e. The van der Waals surface area contributed by atoms with Gasteiger partial charge in [-0.15, -0.1) is 0 Å². The van der Waals surface area contributed by atoms with Gasteiger partial charge in [-0.05, 0) is 24.3 Å². The van der Waals surface area contributed by atoms with Gasteiger partial charge < -0.3 is 15.0 Å². The van der Waals surface area contributed by atoms with Gasteiger partial charge in [-0.2, -0.15) is 0 Å². The Morgan fingerprint density at radius 2 is 2.00 bits per heavy atom. The molecule has 0 bridgehead atoms. The first-order valence-corrected chi connectivity index (χ1v) is 7.66. The maximum absolute atomic E-state index is 10.9. The zero-order valence-electron chi connectivity index (χ0n) is 13.7. The smallest absolute Gasteiger partial charge is 0.354 e. The van der Waals surface area contributed by atoms with E-state index in [4.69, 9.17) is 5.11 Å². The molecule has 128 valence electrons. The molecule has 0 saturated carbocycles. The predicted molar refractivity (Wildman–Crippen MR) is 94.0 cm³/mol. The lowest BCUT2D eigenvalue weighted by Gasteiger charge is -2.09. The summed E-state index contributed by atoms with van der Waals surface area (Å²) in [6.07, 6.45) is 6.31. The number of nitrogens with one attached hydrogen (secondary N) is 1. The van der Waals surface area contributed by atoms with Gasteiger partial charge in [0, 0.05) is 7.05 Å². The number of fused-ring (bicyclic) bond motifs is 1. The van der Waals surface area contributed by atoms with Crippen molar-refractivity contribution in [1.29, 1.82) is 0 Å². The number of aryl methyl sites for hydroxylation is 1. The van der Waals surface area contributed by atoms with Crippen molar-refractivity contribution in [3.63, 3.8) is 0 Å². The highest BCUT2D eigenvalue weighted by Crippen LogP contribution is 2.24. The number of nitrogens with zero attached hydrogens (tertiary/aromatic N) is 6. The fraction of sp³-hybridized carbons (Fsp3) is 0.0588. The number of carboxylic acids is 1. The fourth-order valence-corrected chi connectivity index (χ4v) is 2.51. The molecule has 4 aromatic rings. The summed E-state index contributed by atoms with van der Waals surface area (Å²) in [5.41, 5.74) is 3.46. The highest BCUT2D eigenvalue weighted by molar-refractivity contribution is 5.89. The molecule has 0 aliphatic heterocycles. The van der Waals surface area contributed by atoms with Crippen LogP contribution in [0.2, 0.25) is 0 Å². The summed E-state index contributed by atoms with van der Waals surface area (Å²) >= 11 is 0. The lowest BCUT2D eigenvalue weighted by molar-refractivity contribution is 0.0690. The molecule has 4 rings (SSSR count). The molecule has 0 unspecified atom stereocenters. The van der Waals surface area contributed by atoms with Gasteiger partial charge in [0.15, 0.2) is 5.82 Å². The number of aromatic carboxylic acids is 1. The minimum absolute atomic E-state index is 0.0280. The Kier molecular flexibility index (Phi) is 3.73. The molecular formula is C17H13N7O2. The van der Waals surface area contributed by atoms with Crippen molar-refractivity contribution < 1.29 is 9.90 Å². The molecule has 0 aliphatic rings. The number of carboxylic acid groups (broad SMARTS) is 1. The molecule has 0 spiro atoms. The Bertz CT molecular complexity index is 1110. The van der Waals surface area contributed by atoms with E-state index in [-0.39, 0.29) is 5.69 Å². The third-order valence-corrected chi connectivity index (χ3v) is 3.81. The second-order valence-corrected chi connectivity index (χ2v) is 5.54. The third-order valence-electron chi connectivity index (χ3n) is 3.81. The third kappa shape index (κ3) is 2.81. The molecule has 9 nitrogen and oxygen atoms in total. The van der Waals surface area contributed by atoms with Crippen molar-refractivity contribution in [2.75, 3.05) is 5.32 Å². The van der Waals surface area contributed by atoms with E-state index in [1.807, 2.05) is 23.7 Å². The normalized spacial score (nSPS) is 10.8. The van der Waals surface area contributed by atoms with Crippen molar-refractivity contribution >= 4 is 28.5 Å². The second-order valence-electron chi connectivity index (χ2n) is 5.54. The Morgan fingerprint density at radius 1 is 1.12 bits per heavy atom. The van der Waals surface area contributed by atoms with Crippen LogP contribution in [-0.2, 0) is 7.05 Å². The molecular weight excluding hydrogens is 334 g/mol. The number of rotatable bonds is 4. The second kappa shape index (κ2) is 6.20. The zero-order chi connectivity index (χ0) is 18.1. The molecule has 9 heteroatoms. The highest BCUT2D eigenvalue weighted by Gasteiger charge is 2.11. The van der Waals surface area contributed by atoms with Gasteiger partial charge in [0.2, 0.25) is 0 Å². The quantitative estimate of drug-likeness (QED) is 0.577. The summed E-state index contributed by atoms with van der Waals surface area (Å²) < 4.78 is 1.87. The van der Waals surface area contributed by atoms with Crippen molar-refractivity contribution in [1.82, 2.24) is 29.5 Å². The minimum Gasteiger partial charge on any atom is -0.477 e. The van der Waals surface area contributed by atoms with Crippen LogP contribution in [0.3, 0.4) is 0 Å². The number of imidazole rings is 1. The van der Waals surface area contributed by atoms with Crippen LogP contribution in [0.1, 0.15) is 10.5 Å². The van der Waals surface area contributed by atoms with Crippen LogP contribution < -0.4 is 5.32 Å². The number of carbonyl (C=O) groups is 1. The van der Waals surface area contributed by atoms with Gasteiger partial charge in [-0.1, -0.05) is 0 Å². The monoisotopic (exact) mass is 347 g/mol. The van der Waals surface area contributed by atoms with Crippen molar-refractivity contribution in [2.45, 2.75) is 0 Å². The van der Waals surface area contributed by atoms with Gasteiger partial charge in [-0.3, -0.25) is 0 Å². The molecule has 0 atom stereocenters. The van der Waals surface area contributed by atoms with Crippen LogP contribution in [0, 0.1) is 0 Å². The van der Waals surface area contributed by atoms with Gasteiger partial charge >= 0.3 is 5.97 Å². The Labute approximate surface area is 147 Å². The Balaban J connectivity index is 1.74. The SMILES string of the molecule is Cn1cncc1-c1ccc2ncnc(Nc3ccc(C(=O)O)nc3)c2n1. The van der Waals surface area contributed by atoms with Crippen molar-refractivity contribution in [2.24, 2.45) is 7.05 Å². The van der Waals surface area contributed by atoms with E-state index in [1.54, 1.807) is 18.6 Å². The molecule has 4 heterocycles. The molecule has 0 radical (unpaired) electrons. The van der Waals surface area contributed by atoms with E-state index in [0.29, 0.717) is 22.5 Å². The summed E-state index contributed by atoms with van der Waals surface area (Å²) in [7, 11) is 1.89. The molecule has 0 fully saturated rings. The standard InChI is InChI=1S/C17H13N7O2/c1-24-9-18-7-14(24)11-4-5-12-15(23-11)16(21-8-20-12)22-10-2-3-13(17(25)26)19-6-10/h2-9H,1H3,(H,25,26)(H,20,21,22). The summed E-state index contributed by atoms with van der Waals surface area (Å²) in [6, 6.07) is 6.78. The Morgan fingerprint density at radius 3 is 2.69 bits per heavy atom. The first-order chi connectivity index (χ1) is 12.6. The lowest BCUT2D eigenvalue weighted by Crippen LogP contribution is -2.02. The van der Waals surface area contributed by atoms with E-state index in [0.717, 1.165) is 11.4 Å². The van der Waals surface area contributed by atoms with Gasteiger partial charge in [0.05, 0.1) is 41.3 Å². The van der Waals surface area contributed by atoms with Gasteiger partial charge in [-0.25, -0.2) is 29.7 Å². The van der Waals surface area contributed by atoms with E-state index >= 15 is 0 Å². The molecule has 0 aliphatic carbocycles. The van der Waals surface area contributed by atoms with Crippen molar-refractivity contribution in [3.05, 3.63) is 55.0 Å². The first-order valence-electron chi connectivity index (χ1n) is 7.66. The van der Waals surface area contributed by atoms with E-state index < -0.39 is 5.97 Å². The molecule has 0 aromatic carbocycles. The lowest BCUT2D eigenvalue weighted by atomic mass is 10.2. The van der Waals surface area contributed by atoms with Crippen LogP contribution in [0.4, 0.5) is 11.5 Å². The first kappa shape index (κ1) is 15.6. The average Bonchev–Trinajstić information content (AvgIpc) is 3.08. The number of aromatic nitrogens is 6. The summed E-state index contributed by atoms with van der Waals surface area (Å²) in [4.78, 5) is 32.0. The number of anilines is 2. The summed E-state index contributed by atoms with van der Waals surface area (Å²) in [5.74, 6) is -0.574. The summed E-state index contributed by atoms with van der Waals surface area (Å²) in [5, 5.41) is 12.0.